The number of aromatic carboxylic acids is 1. The van der Waals surface area contributed by atoms with E-state index in [1.807, 2.05) is 6.07 Å². The Hall–Kier alpha value is -1.59. The first-order valence-electron chi connectivity index (χ1n) is 6.34. The number of hydrogen-bond acceptors (Lipinski definition) is 4. The fraction of sp³-hybridized carbons (Fsp3) is 0.500. The fourth-order valence-corrected chi connectivity index (χ4v) is 2.30. The highest BCUT2D eigenvalue weighted by molar-refractivity contribution is 5.90. The lowest BCUT2D eigenvalue weighted by Crippen LogP contribution is -2.40. The van der Waals surface area contributed by atoms with Crippen LogP contribution < -0.4 is 4.74 Å². The number of rotatable bonds is 4. The number of nitrogens with zero attached hydrogens (tertiary/aromatic N) is 1. The molecule has 5 nitrogen and oxygen atoms in total. The lowest BCUT2D eigenvalue weighted by atomic mass is 10.1. The highest BCUT2D eigenvalue weighted by Gasteiger charge is 2.18. The summed E-state index contributed by atoms with van der Waals surface area (Å²) in [6, 6.07) is 5.23. The minimum absolute atomic E-state index is 0.196. The predicted molar refractivity (Wildman–Crippen MR) is 70.6 cm³/mol. The third-order valence-electron chi connectivity index (χ3n) is 3.23. The second kappa shape index (κ2) is 6.04. The van der Waals surface area contributed by atoms with Gasteiger partial charge >= 0.3 is 5.97 Å². The molecule has 1 N–H and O–H groups in total. The van der Waals surface area contributed by atoms with E-state index in [0.29, 0.717) is 5.75 Å². The van der Waals surface area contributed by atoms with E-state index < -0.39 is 5.97 Å². The SMILES string of the molecule is COc1cc(CN2CCOC(C)C2)ccc1C(=O)O. The topological polar surface area (TPSA) is 59.0 Å². The smallest absolute Gasteiger partial charge is 0.339 e. The lowest BCUT2D eigenvalue weighted by Gasteiger charge is -2.31. The van der Waals surface area contributed by atoms with Crippen LogP contribution in [0.15, 0.2) is 18.2 Å². The molecule has 1 fully saturated rings. The summed E-state index contributed by atoms with van der Waals surface area (Å²) < 4.78 is 10.6. The fourth-order valence-electron chi connectivity index (χ4n) is 2.30. The number of morpholine rings is 1. The molecule has 0 aliphatic carbocycles. The van der Waals surface area contributed by atoms with Crippen molar-refractivity contribution in [1.82, 2.24) is 4.90 Å². The largest absolute Gasteiger partial charge is 0.496 e. The van der Waals surface area contributed by atoms with Crippen LogP contribution in [0, 0.1) is 0 Å². The maximum Gasteiger partial charge on any atom is 0.339 e. The van der Waals surface area contributed by atoms with E-state index in [4.69, 9.17) is 14.6 Å². The molecule has 1 atom stereocenters. The Balaban J connectivity index is 2.10. The van der Waals surface area contributed by atoms with Crippen LogP contribution in [0.1, 0.15) is 22.8 Å². The molecule has 1 aromatic carbocycles. The molecule has 104 valence electrons. The van der Waals surface area contributed by atoms with Crippen LogP contribution in [-0.4, -0.2) is 48.9 Å². The number of hydrogen-bond donors (Lipinski definition) is 1. The quantitative estimate of drug-likeness (QED) is 0.896. The predicted octanol–water partition coefficient (Wildman–Crippen LogP) is 1.61. The zero-order valence-corrected chi connectivity index (χ0v) is 11.3. The molecule has 0 amide bonds. The zero-order chi connectivity index (χ0) is 13.8. The molecule has 0 spiro atoms. The van der Waals surface area contributed by atoms with Crippen molar-refractivity contribution in [3.63, 3.8) is 0 Å². The first kappa shape index (κ1) is 13.8. The van der Waals surface area contributed by atoms with Gasteiger partial charge in [-0.2, -0.15) is 0 Å². The Morgan fingerprint density at radius 3 is 3.00 bits per heavy atom. The van der Waals surface area contributed by atoms with Crippen molar-refractivity contribution in [3.8, 4) is 5.75 Å². The standard InChI is InChI=1S/C14H19NO4/c1-10-8-15(5-6-19-10)9-11-3-4-12(14(16)17)13(7-11)18-2/h3-4,7,10H,5-6,8-9H2,1-2H3,(H,16,17). The van der Waals surface area contributed by atoms with Gasteiger partial charge in [0.25, 0.3) is 0 Å². The van der Waals surface area contributed by atoms with E-state index >= 15 is 0 Å². The maximum absolute atomic E-state index is 11.0. The van der Waals surface area contributed by atoms with Crippen LogP contribution in [-0.2, 0) is 11.3 Å². The van der Waals surface area contributed by atoms with Gasteiger partial charge in [-0.25, -0.2) is 4.79 Å². The van der Waals surface area contributed by atoms with Crippen molar-refractivity contribution < 1.29 is 19.4 Å². The summed E-state index contributed by atoms with van der Waals surface area (Å²) in [6.45, 7) is 5.37. The molecular formula is C14H19NO4. The van der Waals surface area contributed by atoms with E-state index in [2.05, 4.69) is 11.8 Å². The van der Waals surface area contributed by atoms with Gasteiger partial charge in [-0.15, -0.1) is 0 Å². The van der Waals surface area contributed by atoms with Gasteiger partial charge in [0.2, 0.25) is 0 Å². The van der Waals surface area contributed by atoms with E-state index in [0.717, 1.165) is 31.8 Å². The van der Waals surface area contributed by atoms with Crippen molar-refractivity contribution in [2.24, 2.45) is 0 Å². The van der Waals surface area contributed by atoms with Gasteiger partial charge in [0.05, 0.1) is 19.8 Å². The molecule has 1 saturated heterocycles. The van der Waals surface area contributed by atoms with Gasteiger partial charge in [0.15, 0.2) is 0 Å². The molecule has 1 aliphatic rings. The van der Waals surface area contributed by atoms with Crippen molar-refractivity contribution in [2.45, 2.75) is 19.6 Å². The Kier molecular flexibility index (Phi) is 4.39. The Bertz CT molecular complexity index is 461. The molecule has 19 heavy (non-hydrogen) atoms. The molecule has 0 aromatic heterocycles. The second-order valence-corrected chi connectivity index (χ2v) is 4.76. The normalized spacial score (nSPS) is 20.2. The summed E-state index contributed by atoms with van der Waals surface area (Å²) in [5.74, 6) is -0.560. The van der Waals surface area contributed by atoms with Crippen LogP contribution in [0.5, 0.6) is 5.75 Å². The first-order valence-corrected chi connectivity index (χ1v) is 6.34. The van der Waals surface area contributed by atoms with E-state index in [-0.39, 0.29) is 11.7 Å². The van der Waals surface area contributed by atoms with Crippen LogP contribution in [0.2, 0.25) is 0 Å². The van der Waals surface area contributed by atoms with Gasteiger partial charge in [-0.3, -0.25) is 4.90 Å². The molecule has 1 unspecified atom stereocenters. The second-order valence-electron chi connectivity index (χ2n) is 4.76. The van der Waals surface area contributed by atoms with Crippen LogP contribution in [0.4, 0.5) is 0 Å². The van der Waals surface area contributed by atoms with Gasteiger partial charge in [0, 0.05) is 19.6 Å². The van der Waals surface area contributed by atoms with Gasteiger partial charge in [-0.1, -0.05) is 6.07 Å². The van der Waals surface area contributed by atoms with E-state index in [9.17, 15) is 4.79 Å². The van der Waals surface area contributed by atoms with Gasteiger partial charge in [-0.05, 0) is 24.6 Å². The molecule has 0 saturated carbocycles. The Morgan fingerprint density at radius 2 is 2.37 bits per heavy atom. The van der Waals surface area contributed by atoms with Gasteiger partial charge < -0.3 is 14.6 Å². The number of carboxylic acid groups (broad SMARTS) is 1. The highest BCUT2D eigenvalue weighted by atomic mass is 16.5. The zero-order valence-electron chi connectivity index (χ0n) is 11.3. The third kappa shape index (κ3) is 3.45. The molecule has 2 rings (SSSR count). The lowest BCUT2D eigenvalue weighted by molar-refractivity contribution is -0.0212. The van der Waals surface area contributed by atoms with Crippen molar-refractivity contribution in [2.75, 3.05) is 26.8 Å². The summed E-state index contributed by atoms with van der Waals surface area (Å²) in [6.07, 6.45) is 0.244. The third-order valence-corrected chi connectivity index (χ3v) is 3.23. The number of carbonyl (C=O) groups is 1. The minimum atomic E-state index is -0.969. The van der Waals surface area contributed by atoms with E-state index in [1.54, 1.807) is 12.1 Å². The summed E-state index contributed by atoms with van der Waals surface area (Å²) in [5.41, 5.74) is 1.25. The number of methoxy groups -OCH3 is 1. The highest BCUT2D eigenvalue weighted by Crippen LogP contribution is 2.21. The van der Waals surface area contributed by atoms with Gasteiger partial charge in [0.1, 0.15) is 11.3 Å². The first-order chi connectivity index (χ1) is 9.10. The van der Waals surface area contributed by atoms with Crippen LogP contribution >= 0.6 is 0 Å². The molecule has 1 heterocycles. The molecule has 5 heteroatoms. The summed E-state index contributed by atoms with van der Waals surface area (Å²) >= 11 is 0. The molecule has 1 aliphatic heterocycles. The molecule has 0 radical (unpaired) electrons. The summed E-state index contributed by atoms with van der Waals surface area (Å²) in [4.78, 5) is 13.3. The molecule has 0 bridgehead atoms. The van der Waals surface area contributed by atoms with Crippen molar-refractivity contribution >= 4 is 5.97 Å². The van der Waals surface area contributed by atoms with Crippen molar-refractivity contribution in [1.29, 1.82) is 0 Å². The van der Waals surface area contributed by atoms with Crippen molar-refractivity contribution in [3.05, 3.63) is 29.3 Å². The average Bonchev–Trinajstić information content (AvgIpc) is 2.38. The van der Waals surface area contributed by atoms with E-state index in [1.165, 1.54) is 7.11 Å². The van der Waals surface area contributed by atoms with Crippen LogP contribution in [0.25, 0.3) is 0 Å². The summed E-state index contributed by atoms with van der Waals surface area (Å²) in [7, 11) is 1.49. The number of ether oxygens (including phenoxy) is 2. The average molecular weight is 265 g/mol. The number of benzene rings is 1. The Labute approximate surface area is 112 Å². The number of carboxylic acids is 1. The monoisotopic (exact) mass is 265 g/mol. The summed E-state index contributed by atoms with van der Waals surface area (Å²) in [5, 5.41) is 9.04. The molecule has 1 aromatic rings. The maximum atomic E-state index is 11.0. The van der Waals surface area contributed by atoms with Crippen LogP contribution in [0.3, 0.4) is 0 Å². The Morgan fingerprint density at radius 1 is 1.58 bits per heavy atom. The minimum Gasteiger partial charge on any atom is -0.496 e. The molecular weight excluding hydrogens is 246 g/mol.